The maximum Gasteiger partial charge on any atom is 0.139 e. The second kappa shape index (κ2) is 12.6. The van der Waals surface area contributed by atoms with Gasteiger partial charge in [0, 0.05) is 51.5 Å². The lowest BCUT2D eigenvalue weighted by molar-refractivity contribution is 0.466. The number of hydrogen-bond donors (Lipinski definition) is 0. The van der Waals surface area contributed by atoms with E-state index in [9.17, 15) is 0 Å². The lowest BCUT2D eigenvalue weighted by atomic mass is 10.0. The first kappa shape index (κ1) is 32.7. The lowest BCUT2D eigenvalue weighted by Crippen LogP contribution is -2.32. The number of nitrogens with zero attached hydrogens (tertiary/aromatic N) is 2. The molecule has 59 heavy (non-hydrogen) atoms. The fourth-order valence-electron chi connectivity index (χ4n) is 9.46. The topological polar surface area (TPSA) is 28.3 Å². The van der Waals surface area contributed by atoms with Gasteiger partial charge < -0.3 is 18.6 Å². The number of hydrogen-bond acceptors (Lipinski definition) is 2. The minimum Gasteiger partial charge on any atom is -0.456 e. The van der Waals surface area contributed by atoms with Crippen LogP contribution in [0.2, 0.25) is 0 Å². The molecule has 0 aliphatic carbocycles. The summed E-state index contributed by atoms with van der Waals surface area (Å²) in [6, 6.07) is 72.2. The van der Waals surface area contributed by atoms with Crippen LogP contribution in [0.25, 0.3) is 77.2 Å². The van der Waals surface area contributed by atoms with Gasteiger partial charge in [-0.3, -0.25) is 0 Å². The normalized spacial score (nSPS) is 12.9. The van der Waals surface area contributed by atoms with Crippen molar-refractivity contribution in [1.29, 1.82) is 0 Å². The highest BCUT2D eigenvalue weighted by atomic mass is 31.1. The molecule has 0 N–H and O–H groups in total. The summed E-state index contributed by atoms with van der Waals surface area (Å²) >= 11 is 0. The molecule has 0 fully saturated rings. The van der Waals surface area contributed by atoms with Crippen LogP contribution in [0.15, 0.2) is 200 Å². The molecule has 0 saturated carbocycles. The molecule has 2 aliphatic rings. The third kappa shape index (κ3) is 4.88. The monoisotopic (exact) mass is 772 g/mol. The zero-order chi connectivity index (χ0) is 38.6. The SMILES string of the molecule is c1cc(-c2ccc3c(c2)P2c4cc(-c5cccc(-n6c7ccccc7c7ccccc76)c5)ccc4Oc4cccc(c42)O3)cc(-n2c3ccccc3c3ccccc32)c1. The van der Waals surface area contributed by atoms with E-state index in [1.807, 2.05) is 6.07 Å². The first-order valence-corrected chi connectivity index (χ1v) is 21.3. The van der Waals surface area contributed by atoms with Gasteiger partial charge in [-0.1, -0.05) is 115 Å². The number of fused-ring (bicyclic) bond motifs is 10. The van der Waals surface area contributed by atoms with Gasteiger partial charge in [0.15, 0.2) is 0 Å². The molecule has 5 heteroatoms. The summed E-state index contributed by atoms with van der Waals surface area (Å²) < 4.78 is 18.1. The molecule has 0 radical (unpaired) electrons. The number of benzene rings is 9. The summed E-state index contributed by atoms with van der Waals surface area (Å²) in [5, 5.41) is 8.55. The molecule has 0 atom stereocenters. The smallest absolute Gasteiger partial charge is 0.139 e. The quantitative estimate of drug-likeness (QED) is 0.167. The third-order valence-electron chi connectivity index (χ3n) is 12.1. The van der Waals surface area contributed by atoms with Gasteiger partial charge in [-0.05, 0) is 107 Å². The van der Waals surface area contributed by atoms with Crippen molar-refractivity contribution in [2.45, 2.75) is 0 Å². The van der Waals surface area contributed by atoms with Gasteiger partial charge in [0.1, 0.15) is 23.0 Å². The molecular formula is C54H33N2O2P. The average molecular weight is 773 g/mol. The maximum atomic E-state index is 6.68. The van der Waals surface area contributed by atoms with Crippen molar-refractivity contribution in [1.82, 2.24) is 9.13 Å². The highest BCUT2D eigenvalue weighted by molar-refractivity contribution is 7.80. The van der Waals surface area contributed by atoms with Gasteiger partial charge in [0.25, 0.3) is 0 Å². The minimum atomic E-state index is -1.01. The minimum absolute atomic E-state index is 0.867. The molecule has 9 aromatic carbocycles. The standard InChI is InChI=1S/C54H33N2O2P/c1-5-20-44-40(16-1)41-17-2-6-21-45(41)55(44)38-14-9-12-34(30-38)36-26-28-48-52(32-36)59-53-33-37(27-29-49(53)58-51-25-11-24-50(57-48)54(51)59)35-13-10-15-39(31-35)56-46-22-7-3-18-42(46)43-19-4-8-23-47(43)56/h1-33H. The highest BCUT2D eigenvalue weighted by Gasteiger charge is 2.37. The molecule has 0 spiro atoms. The fraction of sp³-hybridized carbons (Fsp3) is 0. The Morgan fingerprint density at radius 2 is 0.678 bits per heavy atom. The molecule has 4 nitrogen and oxygen atoms in total. The summed E-state index contributed by atoms with van der Waals surface area (Å²) in [6.07, 6.45) is 0. The number of para-hydroxylation sites is 4. The third-order valence-corrected chi connectivity index (χ3v) is 14.6. The predicted octanol–water partition coefficient (Wildman–Crippen LogP) is 13.2. The predicted molar refractivity (Wildman–Crippen MR) is 245 cm³/mol. The van der Waals surface area contributed by atoms with Crippen molar-refractivity contribution >= 4 is 67.4 Å². The number of ether oxygens (including phenoxy) is 2. The van der Waals surface area contributed by atoms with Crippen LogP contribution in [-0.2, 0) is 0 Å². The molecule has 0 saturated heterocycles. The Kier molecular flexibility index (Phi) is 6.95. The van der Waals surface area contributed by atoms with Crippen LogP contribution in [0.3, 0.4) is 0 Å². The van der Waals surface area contributed by atoms with Gasteiger partial charge >= 0.3 is 0 Å². The van der Waals surface area contributed by atoms with E-state index in [2.05, 4.69) is 203 Å². The van der Waals surface area contributed by atoms with Crippen molar-refractivity contribution in [2.75, 3.05) is 0 Å². The fourth-order valence-corrected chi connectivity index (χ4v) is 12.1. The average Bonchev–Trinajstić information content (AvgIpc) is 3.82. The van der Waals surface area contributed by atoms with E-state index in [0.717, 1.165) is 61.9 Å². The summed E-state index contributed by atoms with van der Waals surface area (Å²) in [6.45, 7) is 0. The summed E-state index contributed by atoms with van der Waals surface area (Å²) in [7, 11) is -1.01. The van der Waals surface area contributed by atoms with Gasteiger partial charge in [-0.15, -0.1) is 0 Å². The van der Waals surface area contributed by atoms with E-state index in [1.54, 1.807) is 0 Å². The number of rotatable bonds is 4. The summed E-state index contributed by atoms with van der Waals surface area (Å²) in [5.41, 5.74) is 11.7. The van der Waals surface area contributed by atoms with Crippen LogP contribution < -0.4 is 25.4 Å². The van der Waals surface area contributed by atoms with Gasteiger partial charge in [-0.25, -0.2) is 0 Å². The second-order valence-electron chi connectivity index (χ2n) is 15.3. The number of aromatic nitrogens is 2. The Bertz CT molecular complexity index is 3210. The lowest BCUT2D eigenvalue weighted by Gasteiger charge is -2.35. The van der Waals surface area contributed by atoms with Crippen LogP contribution in [0.5, 0.6) is 23.0 Å². The van der Waals surface area contributed by atoms with Crippen LogP contribution in [-0.4, -0.2) is 9.13 Å². The van der Waals surface area contributed by atoms with Crippen LogP contribution >= 0.6 is 7.92 Å². The molecule has 2 aliphatic heterocycles. The van der Waals surface area contributed by atoms with Crippen LogP contribution in [0.1, 0.15) is 0 Å². The largest absolute Gasteiger partial charge is 0.456 e. The van der Waals surface area contributed by atoms with Crippen LogP contribution in [0.4, 0.5) is 0 Å². The Morgan fingerprint density at radius 1 is 0.305 bits per heavy atom. The van der Waals surface area contributed by atoms with Crippen molar-refractivity contribution in [2.24, 2.45) is 0 Å². The molecule has 0 bridgehead atoms. The van der Waals surface area contributed by atoms with E-state index in [4.69, 9.17) is 9.47 Å². The second-order valence-corrected chi connectivity index (χ2v) is 17.4. The van der Waals surface area contributed by atoms with Gasteiger partial charge in [-0.2, -0.15) is 0 Å². The molecule has 276 valence electrons. The van der Waals surface area contributed by atoms with E-state index in [-0.39, 0.29) is 0 Å². The highest BCUT2D eigenvalue weighted by Crippen LogP contribution is 2.53. The van der Waals surface area contributed by atoms with Gasteiger partial charge in [0.2, 0.25) is 0 Å². The molecular weight excluding hydrogens is 740 g/mol. The van der Waals surface area contributed by atoms with E-state index >= 15 is 0 Å². The molecule has 4 heterocycles. The zero-order valence-corrected chi connectivity index (χ0v) is 32.6. The Balaban J connectivity index is 0.942. The molecule has 0 amide bonds. The Morgan fingerprint density at radius 3 is 1.10 bits per heavy atom. The van der Waals surface area contributed by atoms with E-state index in [0.29, 0.717) is 0 Å². The van der Waals surface area contributed by atoms with Crippen molar-refractivity contribution < 1.29 is 9.47 Å². The summed E-state index contributed by atoms with van der Waals surface area (Å²) in [4.78, 5) is 0. The zero-order valence-electron chi connectivity index (χ0n) is 31.7. The molecule has 0 unspecified atom stereocenters. The Labute approximate surface area is 341 Å². The first-order valence-electron chi connectivity index (χ1n) is 20.0. The maximum absolute atomic E-state index is 6.68. The summed E-state index contributed by atoms with van der Waals surface area (Å²) in [5.74, 6) is 3.53. The molecule has 13 rings (SSSR count). The van der Waals surface area contributed by atoms with E-state index in [1.165, 1.54) is 54.2 Å². The molecule has 2 aromatic heterocycles. The first-order chi connectivity index (χ1) is 29.2. The van der Waals surface area contributed by atoms with Crippen molar-refractivity contribution in [3.8, 4) is 56.6 Å². The van der Waals surface area contributed by atoms with Crippen molar-refractivity contribution in [3.63, 3.8) is 0 Å². The Hall–Kier alpha value is -7.39. The van der Waals surface area contributed by atoms with Crippen LogP contribution in [0, 0.1) is 0 Å². The van der Waals surface area contributed by atoms with Gasteiger partial charge in [0.05, 0.1) is 27.4 Å². The van der Waals surface area contributed by atoms with Crippen molar-refractivity contribution in [3.05, 3.63) is 200 Å². The van der Waals surface area contributed by atoms with E-state index < -0.39 is 7.92 Å². The molecule has 11 aromatic rings.